The number of fused-ring (bicyclic) bond motifs is 1. The lowest BCUT2D eigenvalue weighted by Gasteiger charge is -2.13. The van der Waals surface area contributed by atoms with Gasteiger partial charge >= 0.3 is 0 Å². The first-order valence-corrected chi connectivity index (χ1v) is 12.1. The van der Waals surface area contributed by atoms with Gasteiger partial charge < -0.3 is 15.2 Å². The maximum atomic E-state index is 15.1. The molecular weight excluding hydrogens is 489 g/mol. The summed E-state index contributed by atoms with van der Waals surface area (Å²) in [7, 11) is 1.69. The van der Waals surface area contributed by atoms with Crippen LogP contribution in [0, 0.1) is 12.7 Å². The Kier molecular flexibility index (Phi) is 6.56. The monoisotopic (exact) mass is 515 g/mol. The van der Waals surface area contributed by atoms with Gasteiger partial charge in [-0.3, -0.25) is 14.3 Å². The Labute approximate surface area is 217 Å². The minimum absolute atomic E-state index is 0.0356. The van der Waals surface area contributed by atoms with Crippen LogP contribution in [0.2, 0.25) is 0 Å². The molecule has 0 saturated heterocycles. The van der Waals surface area contributed by atoms with Crippen molar-refractivity contribution < 1.29 is 19.0 Å². The normalized spacial score (nSPS) is 12.0. The number of hydrogen-bond acceptors (Lipinski definition) is 5. The van der Waals surface area contributed by atoms with Crippen LogP contribution in [0.3, 0.4) is 0 Å². The fourth-order valence-electron chi connectivity index (χ4n) is 4.41. The highest BCUT2D eigenvalue weighted by Gasteiger charge is 2.23. The minimum atomic E-state index is -0.720. The van der Waals surface area contributed by atoms with E-state index in [0.717, 1.165) is 6.07 Å². The smallest absolute Gasteiger partial charge is 0.284 e. The fraction of sp³-hybridized carbons (Fsp3) is 0.179. The summed E-state index contributed by atoms with van der Waals surface area (Å²) in [5.74, 6) is -1.11. The zero-order valence-corrected chi connectivity index (χ0v) is 21.1. The van der Waals surface area contributed by atoms with Crippen LogP contribution >= 0.6 is 0 Å². The van der Waals surface area contributed by atoms with Crippen molar-refractivity contribution in [1.82, 2.24) is 19.0 Å². The summed E-state index contributed by atoms with van der Waals surface area (Å²) in [6.45, 7) is 3.53. The maximum Gasteiger partial charge on any atom is 0.284 e. The number of aromatic nitrogens is 4. The average Bonchev–Trinajstić information content (AvgIpc) is 3.44. The van der Waals surface area contributed by atoms with Crippen molar-refractivity contribution in [3.05, 3.63) is 106 Å². The molecule has 0 fully saturated rings. The Bertz CT molecular complexity index is 1700. The first-order valence-electron chi connectivity index (χ1n) is 12.1. The third-order valence-electron chi connectivity index (χ3n) is 6.48. The van der Waals surface area contributed by atoms with Crippen LogP contribution in [0.4, 0.5) is 10.1 Å². The van der Waals surface area contributed by atoms with Crippen molar-refractivity contribution in [3.8, 4) is 17.2 Å². The number of benzene rings is 2. The third kappa shape index (κ3) is 4.35. The van der Waals surface area contributed by atoms with E-state index < -0.39 is 23.4 Å². The van der Waals surface area contributed by atoms with Crippen molar-refractivity contribution in [2.45, 2.75) is 26.4 Å². The molecule has 1 unspecified atom stereocenters. The molecule has 10 heteroatoms. The molecule has 194 valence electrons. The number of para-hydroxylation sites is 1. The van der Waals surface area contributed by atoms with Gasteiger partial charge in [0, 0.05) is 36.6 Å². The topological polar surface area (TPSA) is 103 Å². The van der Waals surface area contributed by atoms with Crippen molar-refractivity contribution in [2.24, 2.45) is 7.05 Å². The number of nitrogens with one attached hydrogen (secondary N) is 1. The van der Waals surface area contributed by atoms with Gasteiger partial charge in [-0.1, -0.05) is 25.1 Å². The van der Waals surface area contributed by atoms with Crippen molar-refractivity contribution in [2.75, 3.05) is 5.32 Å². The zero-order valence-electron chi connectivity index (χ0n) is 21.1. The summed E-state index contributed by atoms with van der Waals surface area (Å²) < 4.78 is 25.5. The van der Waals surface area contributed by atoms with E-state index in [1.807, 2.05) is 13.0 Å². The molecule has 0 aliphatic heterocycles. The van der Waals surface area contributed by atoms with Crippen molar-refractivity contribution in [1.29, 1.82) is 0 Å². The Morgan fingerprint density at radius 3 is 2.61 bits per heavy atom. The second-order valence-electron chi connectivity index (χ2n) is 8.82. The molecule has 1 atom stereocenters. The predicted octanol–water partition coefficient (Wildman–Crippen LogP) is 4.76. The summed E-state index contributed by atoms with van der Waals surface area (Å²) in [6, 6.07) is 16.3. The molecule has 3 heterocycles. The van der Waals surface area contributed by atoms with Gasteiger partial charge in [0.1, 0.15) is 11.1 Å². The zero-order chi connectivity index (χ0) is 27.0. The molecule has 0 bridgehead atoms. The Morgan fingerprint density at radius 2 is 1.89 bits per heavy atom. The van der Waals surface area contributed by atoms with E-state index in [-0.39, 0.29) is 17.0 Å². The van der Waals surface area contributed by atoms with Gasteiger partial charge in [-0.25, -0.2) is 13.6 Å². The standard InChI is InChI=1S/C28H26FN5O4/c1-4-22(35)20-13-15-33-26(20)24(12-14-30-33)38-23-11-10-18(16-21(23)29)31-27(36)25-17(2)32(3)34(28(25)37)19-8-6-5-7-9-19/h5-16,22,35H,4H2,1-3H3,(H,31,36). The number of rotatable bonds is 7. The largest absolute Gasteiger partial charge is 0.452 e. The lowest BCUT2D eigenvalue weighted by atomic mass is 10.1. The van der Waals surface area contributed by atoms with Crippen molar-refractivity contribution >= 4 is 17.1 Å². The van der Waals surface area contributed by atoms with Crippen LogP contribution in [0.1, 0.15) is 41.1 Å². The number of aliphatic hydroxyl groups is 1. The van der Waals surface area contributed by atoms with Gasteiger partial charge in [-0.15, -0.1) is 0 Å². The maximum absolute atomic E-state index is 15.1. The first kappa shape index (κ1) is 25.0. The lowest BCUT2D eigenvalue weighted by molar-refractivity contribution is 0.102. The molecule has 0 saturated carbocycles. The molecule has 1 amide bonds. The molecule has 0 spiro atoms. The van der Waals surface area contributed by atoms with Gasteiger partial charge in [0.15, 0.2) is 17.3 Å². The van der Waals surface area contributed by atoms with E-state index in [1.165, 1.54) is 23.0 Å². The number of ether oxygens (including phenoxy) is 1. The van der Waals surface area contributed by atoms with Crippen LogP contribution in [0.25, 0.3) is 11.2 Å². The summed E-state index contributed by atoms with van der Waals surface area (Å²) in [6.07, 6.45) is 2.99. The third-order valence-corrected chi connectivity index (χ3v) is 6.48. The molecule has 5 rings (SSSR count). The number of carbonyl (C=O) groups is 1. The second kappa shape index (κ2) is 9.98. The average molecular weight is 516 g/mol. The Morgan fingerprint density at radius 1 is 1.13 bits per heavy atom. The second-order valence-corrected chi connectivity index (χ2v) is 8.82. The molecule has 0 aliphatic rings. The number of nitrogens with zero attached hydrogens (tertiary/aromatic N) is 4. The van der Waals surface area contributed by atoms with Crippen molar-refractivity contribution in [3.63, 3.8) is 0 Å². The lowest BCUT2D eigenvalue weighted by Crippen LogP contribution is -2.25. The molecule has 0 radical (unpaired) electrons. The van der Waals surface area contributed by atoms with Crippen LogP contribution in [0.5, 0.6) is 11.5 Å². The summed E-state index contributed by atoms with van der Waals surface area (Å²) in [5.41, 5.74) is 1.90. The molecule has 2 N–H and O–H groups in total. The van der Waals surface area contributed by atoms with Crippen LogP contribution in [0.15, 0.2) is 77.9 Å². The number of aliphatic hydroxyl groups excluding tert-OH is 1. The molecule has 0 aliphatic carbocycles. The number of amides is 1. The van der Waals surface area contributed by atoms with Crippen LogP contribution in [-0.4, -0.2) is 30.0 Å². The number of halogens is 1. The van der Waals surface area contributed by atoms with E-state index in [1.54, 1.807) is 65.8 Å². The van der Waals surface area contributed by atoms with Gasteiger partial charge in [-0.2, -0.15) is 5.10 Å². The highest BCUT2D eigenvalue weighted by atomic mass is 19.1. The van der Waals surface area contributed by atoms with E-state index in [9.17, 15) is 14.7 Å². The number of carbonyl (C=O) groups excluding carboxylic acids is 1. The van der Waals surface area contributed by atoms with Gasteiger partial charge in [0.25, 0.3) is 11.5 Å². The summed E-state index contributed by atoms with van der Waals surface area (Å²) >= 11 is 0. The van der Waals surface area contributed by atoms with E-state index in [4.69, 9.17) is 4.74 Å². The highest BCUT2D eigenvalue weighted by molar-refractivity contribution is 6.05. The van der Waals surface area contributed by atoms with Gasteiger partial charge in [-0.05, 0) is 43.7 Å². The predicted molar refractivity (Wildman–Crippen MR) is 141 cm³/mol. The Balaban J connectivity index is 1.41. The van der Waals surface area contributed by atoms with Gasteiger partial charge in [0.05, 0.1) is 23.7 Å². The minimum Gasteiger partial charge on any atom is -0.452 e. The molecular formula is C28H26FN5O4. The fourth-order valence-corrected chi connectivity index (χ4v) is 4.41. The van der Waals surface area contributed by atoms with Gasteiger partial charge in [0.2, 0.25) is 0 Å². The van der Waals surface area contributed by atoms with Crippen LogP contribution in [-0.2, 0) is 7.05 Å². The molecule has 5 aromatic rings. The summed E-state index contributed by atoms with van der Waals surface area (Å²) in [4.78, 5) is 26.2. The highest BCUT2D eigenvalue weighted by Crippen LogP contribution is 2.34. The SMILES string of the molecule is CCC(O)c1ccn2nccc(Oc3ccc(NC(=O)c4c(C)n(C)n(-c5ccccc5)c4=O)cc3F)c12. The quantitative estimate of drug-likeness (QED) is 0.325. The van der Waals surface area contributed by atoms with Crippen LogP contribution < -0.4 is 15.6 Å². The molecule has 3 aromatic heterocycles. The van der Waals surface area contributed by atoms with E-state index >= 15 is 4.39 Å². The molecule has 9 nitrogen and oxygen atoms in total. The Hall–Kier alpha value is -4.70. The molecule has 2 aromatic carbocycles. The van der Waals surface area contributed by atoms with E-state index in [2.05, 4.69) is 10.4 Å². The molecule has 38 heavy (non-hydrogen) atoms. The number of hydrogen-bond donors (Lipinski definition) is 2. The van der Waals surface area contributed by atoms with E-state index in [0.29, 0.717) is 34.6 Å². The summed E-state index contributed by atoms with van der Waals surface area (Å²) in [5, 5.41) is 17.2. The number of anilines is 1. The first-order chi connectivity index (χ1) is 18.3.